The first-order chi connectivity index (χ1) is 15.6. The molecule has 1 unspecified atom stereocenters. The maximum absolute atomic E-state index is 12.5. The van der Waals surface area contributed by atoms with Crippen molar-refractivity contribution >= 4 is 29.0 Å². The van der Waals surface area contributed by atoms with Gasteiger partial charge in [0, 0.05) is 13.2 Å². The van der Waals surface area contributed by atoms with E-state index in [9.17, 15) is 4.79 Å². The van der Waals surface area contributed by atoms with E-state index >= 15 is 0 Å². The molecule has 1 N–H and O–H groups in total. The number of pyridine rings is 1. The summed E-state index contributed by atoms with van der Waals surface area (Å²) in [5.74, 6) is 1.74. The van der Waals surface area contributed by atoms with E-state index in [1.54, 1.807) is 17.5 Å². The Morgan fingerprint density at radius 2 is 2.09 bits per heavy atom. The standard InChI is InChI=1S/C23H23N5O2S2/c1-16(17-7-5-9-19(13-17)30-14-18-8-3-4-11-24-18)25-21(29)15-32-23-27-26-22(28(23)2)20-10-6-12-31-20/h3-13,16H,14-15H2,1-2H3,(H,25,29). The number of rotatable bonds is 9. The zero-order valence-electron chi connectivity index (χ0n) is 17.8. The molecule has 3 heterocycles. The summed E-state index contributed by atoms with van der Waals surface area (Å²) in [5, 5.41) is 14.2. The lowest BCUT2D eigenvalue weighted by Gasteiger charge is -2.15. The molecule has 1 aromatic carbocycles. The number of amides is 1. The molecule has 0 saturated carbocycles. The minimum atomic E-state index is -0.150. The van der Waals surface area contributed by atoms with Gasteiger partial charge in [0.05, 0.1) is 22.4 Å². The van der Waals surface area contributed by atoms with E-state index < -0.39 is 0 Å². The quantitative estimate of drug-likeness (QED) is 0.367. The van der Waals surface area contributed by atoms with E-state index in [0.29, 0.717) is 11.8 Å². The van der Waals surface area contributed by atoms with Crippen LogP contribution >= 0.6 is 23.1 Å². The third kappa shape index (κ3) is 5.54. The smallest absolute Gasteiger partial charge is 0.230 e. The summed E-state index contributed by atoms with van der Waals surface area (Å²) in [6.07, 6.45) is 1.74. The highest BCUT2D eigenvalue weighted by atomic mass is 32.2. The number of thiophene rings is 1. The van der Waals surface area contributed by atoms with E-state index in [-0.39, 0.29) is 17.7 Å². The van der Waals surface area contributed by atoms with Gasteiger partial charge in [0.1, 0.15) is 12.4 Å². The lowest BCUT2D eigenvalue weighted by Crippen LogP contribution is -2.28. The second kappa shape index (κ2) is 10.4. The maximum atomic E-state index is 12.5. The van der Waals surface area contributed by atoms with Crippen molar-refractivity contribution in [3.63, 3.8) is 0 Å². The van der Waals surface area contributed by atoms with Crippen molar-refractivity contribution in [3.05, 3.63) is 77.4 Å². The first-order valence-electron chi connectivity index (χ1n) is 10.1. The van der Waals surface area contributed by atoms with Gasteiger partial charge in [-0.2, -0.15) is 0 Å². The topological polar surface area (TPSA) is 81.9 Å². The summed E-state index contributed by atoms with van der Waals surface area (Å²) >= 11 is 2.98. The molecule has 0 saturated heterocycles. The van der Waals surface area contributed by atoms with Crippen LogP contribution in [0.1, 0.15) is 24.2 Å². The number of carbonyl (C=O) groups is 1. The molecule has 4 aromatic rings. The van der Waals surface area contributed by atoms with E-state index in [0.717, 1.165) is 27.7 Å². The van der Waals surface area contributed by atoms with E-state index in [1.807, 2.05) is 78.5 Å². The fourth-order valence-corrected chi connectivity index (χ4v) is 4.54. The molecule has 0 radical (unpaired) electrons. The van der Waals surface area contributed by atoms with Crippen LogP contribution in [0.2, 0.25) is 0 Å². The summed E-state index contributed by atoms with van der Waals surface area (Å²) in [6.45, 7) is 2.35. The molecule has 32 heavy (non-hydrogen) atoms. The Morgan fingerprint density at radius 3 is 2.88 bits per heavy atom. The van der Waals surface area contributed by atoms with Crippen molar-refractivity contribution in [3.8, 4) is 16.5 Å². The van der Waals surface area contributed by atoms with Gasteiger partial charge in [0.15, 0.2) is 11.0 Å². The van der Waals surface area contributed by atoms with Gasteiger partial charge < -0.3 is 14.6 Å². The van der Waals surface area contributed by atoms with Crippen LogP contribution in [0.3, 0.4) is 0 Å². The van der Waals surface area contributed by atoms with Crippen LogP contribution in [-0.2, 0) is 18.4 Å². The van der Waals surface area contributed by atoms with Crippen molar-refractivity contribution < 1.29 is 9.53 Å². The lowest BCUT2D eigenvalue weighted by molar-refractivity contribution is -0.119. The number of benzene rings is 1. The van der Waals surface area contributed by atoms with Gasteiger partial charge in [-0.25, -0.2) is 0 Å². The van der Waals surface area contributed by atoms with Crippen LogP contribution in [0.15, 0.2) is 71.3 Å². The Kier molecular flexibility index (Phi) is 7.18. The number of hydrogen-bond donors (Lipinski definition) is 1. The third-order valence-electron chi connectivity index (χ3n) is 4.76. The fourth-order valence-electron chi connectivity index (χ4n) is 3.07. The molecular formula is C23H23N5O2S2. The number of nitrogens with zero attached hydrogens (tertiary/aromatic N) is 4. The predicted molar refractivity (Wildman–Crippen MR) is 127 cm³/mol. The first-order valence-corrected chi connectivity index (χ1v) is 11.9. The number of nitrogens with one attached hydrogen (secondary N) is 1. The average molecular weight is 466 g/mol. The molecule has 0 aliphatic carbocycles. The Labute approximate surface area is 194 Å². The summed E-state index contributed by atoms with van der Waals surface area (Å²) in [5.41, 5.74) is 1.84. The van der Waals surface area contributed by atoms with Gasteiger partial charge in [0.25, 0.3) is 0 Å². The summed E-state index contributed by atoms with van der Waals surface area (Å²) < 4.78 is 7.76. The number of thioether (sulfide) groups is 1. The zero-order chi connectivity index (χ0) is 22.3. The SMILES string of the molecule is CC(NC(=O)CSc1nnc(-c2cccs2)n1C)c1cccc(OCc2ccccn2)c1. The molecular weight excluding hydrogens is 442 g/mol. The Morgan fingerprint density at radius 1 is 1.19 bits per heavy atom. The van der Waals surface area contributed by atoms with Crippen molar-refractivity contribution in [1.82, 2.24) is 25.1 Å². The van der Waals surface area contributed by atoms with Crippen LogP contribution in [0.5, 0.6) is 5.75 Å². The summed E-state index contributed by atoms with van der Waals surface area (Å²) in [4.78, 5) is 17.8. The highest BCUT2D eigenvalue weighted by Gasteiger charge is 2.15. The third-order valence-corrected chi connectivity index (χ3v) is 6.64. The molecule has 0 fully saturated rings. The van der Waals surface area contributed by atoms with E-state index in [4.69, 9.17) is 4.74 Å². The molecule has 0 aliphatic rings. The largest absolute Gasteiger partial charge is 0.487 e. The van der Waals surface area contributed by atoms with Crippen LogP contribution in [-0.4, -0.2) is 31.4 Å². The minimum absolute atomic E-state index is 0.0667. The van der Waals surface area contributed by atoms with Crippen LogP contribution in [0.25, 0.3) is 10.7 Å². The fraction of sp³-hybridized carbons (Fsp3) is 0.217. The highest BCUT2D eigenvalue weighted by Crippen LogP contribution is 2.26. The molecule has 164 valence electrons. The number of aromatic nitrogens is 4. The molecule has 1 amide bonds. The lowest BCUT2D eigenvalue weighted by atomic mass is 10.1. The molecule has 3 aromatic heterocycles. The second-order valence-corrected chi connectivity index (χ2v) is 8.99. The number of ether oxygens (including phenoxy) is 1. The summed E-state index contributed by atoms with van der Waals surface area (Å²) in [7, 11) is 1.91. The Bertz CT molecular complexity index is 1160. The van der Waals surface area contributed by atoms with Gasteiger partial charge in [-0.3, -0.25) is 9.78 Å². The Balaban J connectivity index is 1.30. The van der Waals surface area contributed by atoms with Crippen molar-refractivity contribution in [2.45, 2.75) is 24.7 Å². The molecule has 1 atom stereocenters. The normalized spacial score (nSPS) is 11.8. The van der Waals surface area contributed by atoms with Crippen LogP contribution in [0, 0.1) is 0 Å². The van der Waals surface area contributed by atoms with E-state index in [1.165, 1.54) is 11.8 Å². The molecule has 7 nitrogen and oxygen atoms in total. The number of carbonyl (C=O) groups excluding carboxylic acids is 1. The monoisotopic (exact) mass is 465 g/mol. The van der Waals surface area contributed by atoms with Gasteiger partial charge in [-0.15, -0.1) is 21.5 Å². The average Bonchev–Trinajstić information content (AvgIpc) is 3.47. The Hall–Kier alpha value is -3.17. The van der Waals surface area contributed by atoms with Crippen LogP contribution in [0.4, 0.5) is 0 Å². The molecule has 0 spiro atoms. The first kappa shape index (κ1) is 22.0. The molecule has 9 heteroatoms. The van der Waals surface area contributed by atoms with Crippen LogP contribution < -0.4 is 10.1 Å². The molecule has 0 aliphatic heterocycles. The van der Waals surface area contributed by atoms with E-state index in [2.05, 4.69) is 20.5 Å². The van der Waals surface area contributed by atoms with Gasteiger partial charge in [0.2, 0.25) is 5.91 Å². The van der Waals surface area contributed by atoms with Gasteiger partial charge in [-0.1, -0.05) is 36.0 Å². The summed E-state index contributed by atoms with van der Waals surface area (Å²) in [6, 6.07) is 17.3. The van der Waals surface area contributed by atoms with Crippen molar-refractivity contribution in [2.24, 2.45) is 7.05 Å². The molecule has 4 rings (SSSR count). The van der Waals surface area contributed by atoms with Gasteiger partial charge >= 0.3 is 0 Å². The number of hydrogen-bond acceptors (Lipinski definition) is 7. The predicted octanol–water partition coefficient (Wildman–Crippen LogP) is 4.49. The zero-order valence-corrected chi connectivity index (χ0v) is 19.4. The molecule has 0 bridgehead atoms. The maximum Gasteiger partial charge on any atom is 0.230 e. The highest BCUT2D eigenvalue weighted by molar-refractivity contribution is 7.99. The van der Waals surface area contributed by atoms with Crippen molar-refractivity contribution in [2.75, 3.05) is 5.75 Å². The van der Waals surface area contributed by atoms with Gasteiger partial charge in [-0.05, 0) is 48.2 Å². The second-order valence-electron chi connectivity index (χ2n) is 7.10. The van der Waals surface area contributed by atoms with Crippen molar-refractivity contribution in [1.29, 1.82) is 0 Å². The minimum Gasteiger partial charge on any atom is -0.487 e.